The van der Waals surface area contributed by atoms with Crippen LogP contribution in [-0.4, -0.2) is 30.3 Å². The Balaban J connectivity index is 1.58. The standard InChI is InChI=1S/C13H17NOS/c15-12(13-5-2-6-16-13)9-14-7-10-3-1-4-11(10)8-14/h2,5-6,10-11H,1,3-4,7-9H2. The maximum absolute atomic E-state index is 12.0. The highest BCUT2D eigenvalue weighted by Gasteiger charge is 2.36. The number of likely N-dealkylation sites (tertiary alicyclic amines) is 1. The van der Waals surface area contributed by atoms with E-state index in [1.807, 2.05) is 17.5 Å². The molecule has 0 radical (unpaired) electrons. The van der Waals surface area contributed by atoms with Crippen LogP contribution < -0.4 is 0 Å². The lowest BCUT2D eigenvalue weighted by molar-refractivity contribution is 0.0945. The van der Waals surface area contributed by atoms with Crippen molar-refractivity contribution < 1.29 is 4.79 Å². The van der Waals surface area contributed by atoms with Crippen molar-refractivity contribution in [1.82, 2.24) is 4.90 Å². The summed E-state index contributed by atoms with van der Waals surface area (Å²) in [6.07, 6.45) is 4.17. The fraction of sp³-hybridized carbons (Fsp3) is 0.615. The van der Waals surface area contributed by atoms with E-state index in [0.29, 0.717) is 12.3 Å². The van der Waals surface area contributed by atoms with Crippen molar-refractivity contribution in [2.24, 2.45) is 11.8 Å². The van der Waals surface area contributed by atoms with Crippen molar-refractivity contribution in [3.05, 3.63) is 22.4 Å². The third-order valence-electron chi connectivity index (χ3n) is 3.97. The average Bonchev–Trinajstić information content (AvgIpc) is 2.91. The average molecular weight is 235 g/mol. The van der Waals surface area contributed by atoms with E-state index in [-0.39, 0.29) is 0 Å². The minimum Gasteiger partial charge on any atom is -0.295 e. The van der Waals surface area contributed by atoms with Crippen LogP contribution >= 0.6 is 11.3 Å². The lowest BCUT2D eigenvalue weighted by atomic mass is 10.0. The first-order valence-electron chi connectivity index (χ1n) is 6.12. The summed E-state index contributed by atoms with van der Waals surface area (Å²) in [4.78, 5) is 15.2. The molecule has 0 N–H and O–H groups in total. The maximum atomic E-state index is 12.0. The zero-order valence-electron chi connectivity index (χ0n) is 9.39. The summed E-state index contributed by atoms with van der Waals surface area (Å²) in [5.41, 5.74) is 0. The van der Waals surface area contributed by atoms with E-state index < -0.39 is 0 Å². The van der Waals surface area contributed by atoms with Gasteiger partial charge in [-0.3, -0.25) is 9.69 Å². The highest BCUT2D eigenvalue weighted by Crippen LogP contribution is 2.37. The van der Waals surface area contributed by atoms with Crippen molar-refractivity contribution in [3.63, 3.8) is 0 Å². The van der Waals surface area contributed by atoms with E-state index in [1.54, 1.807) is 11.3 Å². The molecule has 3 rings (SSSR count). The number of carbonyl (C=O) groups is 1. The van der Waals surface area contributed by atoms with Gasteiger partial charge in [-0.1, -0.05) is 12.5 Å². The quantitative estimate of drug-likeness (QED) is 0.751. The van der Waals surface area contributed by atoms with E-state index in [9.17, 15) is 4.79 Å². The molecule has 2 atom stereocenters. The Kier molecular flexibility index (Phi) is 2.82. The molecule has 1 saturated carbocycles. The van der Waals surface area contributed by atoms with Gasteiger partial charge in [0.25, 0.3) is 0 Å². The summed E-state index contributed by atoms with van der Waals surface area (Å²) in [7, 11) is 0. The van der Waals surface area contributed by atoms with Crippen LogP contribution in [0, 0.1) is 11.8 Å². The molecule has 1 aromatic heterocycles. The third-order valence-corrected chi connectivity index (χ3v) is 4.88. The second kappa shape index (κ2) is 4.30. The van der Waals surface area contributed by atoms with Gasteiger partial charge in [-0.15, -0.1) is 11.3 Å². The topological polar surface area (TPSA) is 20.3 Å². The van der Waals surface area contributed by atoms with Crippen molar-refractivity contribution >= 4 is 17.1 Å². The van der Waals surface area contributed by atoms with Gasteiger partial charge in [-0.2, -0.15) is 0 Å². The first-order valence-corrected chi connectivity index (χ1v) is 7.00. The second-order valence-electron chi connectivity index (χ2n) is 5.05. The van der Waals surface area contributed by atoms with Gasteiger partial charge in [-0.25, -0.2) is 0 Å². The molecule has 3 heteroatoms. The highest BCUT2D eigenvalue weighted by atomic mass is 32.1. The molecule has 2 aliphatic rings. The minimum atomic E-state index is 0.301. The molecule has 0 aromatic carbocycles. The van der Waals surface area contributed by atoms with E-state index in [2.05, 4.69) is 4.90 Å². The summed E-state index contributed by atoms with van der Waals surface area (Å²) < 4.78 is 0. The highest BCUT2D eigenvalue weighted by molar-refractivity contribution is 7.12. The van der Waals surface area contributed by atoms with Gasteiger partial charge in [0.05, 0.1) is 11.4 Å². The van der Waals surface area contributed by atoms with E-state index >= 15 is 0 Å². The van der Waals surface area contributed by atoms with Crippen molar-refractivity contribution in [1.29, 1.82) is 0 Å². The Morgan fingerprint density at radius 3 is 2.75 bits per heavy atom. The van der Waals surface area contributed by atoms with Gasteiger partial charge in [0, 0.05) is 13.1 Å². The Bertz CT molecular complexity index is 361. The Morgan fingerprint density at radius 1 is 1.38 bits per heavy atom. The number of nitrogens with zero attached hydrogens (tertiary/aromatic N) is 1. The fourth-order valence-electron chi connectivity index (χ4n) is 3.18. The largest absolute Gasteiger partial charge is 0.295 e. The van der Waals surface area contributed by atoms with Gasteiger partial charge < -0.3 is 0 Å². The van der Waals surface area contributed by atoms with Gasteiger partial charge in [0.15, 0.2) is 5.78 Å². The summed E-state index contributed by atoms with van der Waals surface area (Å²) in [5.74, 6) is 2.07. The molecular formula is C13H17NOS. The number of thiophene rings is 1. The predicted molar refractivity (Wildman–Crippen MR) is 65.9 cm³/mol. The Labute approximate surface area is 100 Å². The molecule has 2 heterocycles. The summed E-state index contributed by atoms with van der Waals surface area (Å²) >= 11 is 1.56. The lowest BCUT2D eigenvalue weighted by Crippen LogP contribution is -2.28. The number of rotatable bonds is 3. The predicted octanol–water partition coefficient (Wildman–Crippen LogP) is 2.66. The monoisotopic (exact) mass is 235 g/mol. The molecule has 1 aliphatic heterocycles. The number of hydrogen-bond acceptors (Lipinski definition) is 3. The molecule has 0 bridgehead atoms. The van der Waals surface area contributed by atoms with Crippen LogP contribution in [0.5, 0.6) is 0 Å². The molecule has 2 fully saturated rings. The van der Waals surface area contributed by atoms with E-state index in [4.69, 9.17) is 0 Å². The molecule has 1 saturated heterocycles. The lowest BCUT2D eigenvalue weighted by Gasteiger charge is -2.14. The number of fused-ring (bicyclic) bond motifs is 1. The smallest absolute Gasteiger partial charge is 0.186 e. The first-order chi connectivity index (χ1) is 7.83. The van der Waals surface area contributed by atoms with E-state index in [1.165, 1.54) is 19.3 Å². The Hall–Kier alpha value is -0.670. The second-order valence-corrected chi connectivity index (χ2v) is 5.99. The zero-order chi connectivity index (χ0) is 11.0. The van der Waals surface area contributed by atoms with Gasteiger partial charge in [-0.05, 0) is 36.1 Å². The molecule has 1 aliphatic carbocycles. The van der Waals surface area contributed by atoms with Crippen LogP contribution in [0.15, 0.2) is 17.5 Å². The van der Waals surface area contributed by atoms with Crippen LogP contribution in [0.4, 0.5) is 0 Å². The molecule has 16 heavy (non-hydrogen) atoms. The molecule has 2 nitrogen and oxygen atoms in total. The van der Waals surface area contributed by atoms with Crippen LogP contribution in [0.2, 0.25) is 0 Å². The molecular weight excluding hydrogens is 218 g/mol. The van der Waals surface area contributed by atoms with E-state index in [0.717, 1.165) is 29.8 Å². The summed E-state index contributed by atoms with van der Waals surface area (Å²) in [6.45, 7) is 2.94. The number of carbonyl (C=O) groups excluding carboxylic acids is 1. The normalized spacial score (nSPS) is 29.5. The van der Waals surface area contributed by atoms with Gasteiger partial charge in [0.1, 0.15) is 0 Å². The minimum absolute atomic E-state index is 0.301. The summed E-state index contributed by atoms with van der Waals surface area (Å²) in [6, 6.07) is 3.89. The molecule has 86 valence electrons. The number of Topliss-reactive ketones (excluding diaryl/α,β-unsaturated/α-hetero) is 1. The SMILES string of the molecule is O=C(CN1CC2CCCC2C1)c1cccs1. The van der Waals surface area contributed by atoms with Gasteiger partial charge >= 0.3 is 0 Å². The maximum Gasteiger partial charge on any atom is 0.186 e. The first kappa shape index (κ1) is 10.5. The van der Waals surface area contributed by atoms with Crippen LogP contribution in [-0.2, 0) is 0 Å². The van der Waals surface area contributed by atoms with Crippen LogP contribution in [0.25, 0.3) is 0 Å². The fourth-order valence-corrected chi connectivity index (χ4v) is 3.84. The summed E-state index contributed by atoms with van der Waals surface area (Å²) in [5, 5.41) is 1.98. The third kappa shape index (κ3) is 1.94. The van der Waals surface area contributed by atoms with Crippen molar-refractivity contribution in [2.45, 2.75) is 19.3 Å². The number of hydrogen-bond donors (Lipinski definition) is 0. The van der Waals surface area contributed by atoms with Gasteiger partial charge in [0.2, 0.25) is 0 Å². The number of ketones is 1. The zero-order valence-corrected chi connectivity index (χ0v) is 10.2. The molecule has 1 aromatic rings. The van der Waals surface area contributed by atoms with Crippen LogP contribution in [0.1, 0.15) is 28.9 Å². The Morgan fingerprint density at radius 2 is 2.12 bits per heavy atom. The molecule has 0 spiro atoms. The molecule has 2 unspecified atom stereocenters. The van der Waals surface area contributed by atoms with Crippen LogP contribution in [0.3, 0.4) is 0 Å². The van der Waals surface area contributed by atoms with Crippen molar-refractivity contribution in [3.8, 4) is 0 Å². The molecule has 0 amide bonds. The van der Waals surface area contributed by atoms with Crippen molar-refractivity contribution in [2.75, 3.05) is 19.6 Å².